The maximum absolute atomic E-state index is 12.2. The minimum atomic E-state index is -3.39. The molecule has 148 valence electrons. The topological polar surface area (TPSA) is 98.5 Å². The predicted octanol–water partition coefficient (Wildman–Crippen LogP) is 3.62. The highest BCUT2D eigenvalue weighted by atomic mass is 35.5. The van der Waals surface area contributed by atoms with Crippen molar-refractivity contribution in [2.75, 3.05) is 11.1 Å². The van der Waals surface area contributed by atoms with Crippen molar-refractivity contribution in [1.29, 1.82) is 0 Å². The van der Waals surface area contributed by atoms with Crippen molar-refractivity contribution in [2.45, 2.75) is 31.7 Å². The lowest BCUT2D eigenvalue weighted by Crippen LogP contribution is -2.39. The summed E-state index contributed by atoms with van der Waals surface area (Å²) in [6.45, 7) is 5.34. The lowest BCUT2D eigenvalue weighted by Gasteiger charge is -2.15. The molecule has 0 heterocycles. The van der Waals surface area contributed by atoms with Gasteiger partial charge in [-0.25, -0.2) is 8.42 Å². The van der Waals surface area contributed by atoms with E-state index in [0.717, 1.165) is 0 Å². The van der Waals surface area contributed by atoms with Gasteiger partial charge in [-0.1, -0.05) is 32.9 Å². The second kappa shape index (κ2) is 9.73. The maximum atomic E-state index is 12.2. The standard InChI is InChI=1S/C19H24N2O4S.ClH/c1-4-26(23,24)17-8-6-5-7-16(17)25-15-11-9-14(10-12-15)21-19(22)18(20)13(2)3;/h5-13,18H,4,20H2,1-3H3,(H,21,22);1H/t18-;/m0./s1. The van der Waals surface area contributed by atoms with Gasteiger partial charge >= 0.3 is 0 Å². The van der Waals surface area contributed by atoms with Crippen molar-refractivity contribution in [1.82, 2.24) is 0 Å². The van der Waals surface area contributed by atoms with Gasteiger partial charge in [-0.15, -0.1) is 12.4 Å². The van der Waals surface area contributed by atoms with Crippen molar-refractivity contribution < 1.29 is 17.9 Å². The number of carbonyl (C=O) groups excluding carboxylic acids is 1. The SMILES string of the molecule is CCS(=O)(=O)c1ccccc1Oc1ccc(NC(=O)[C@@H](N)C(C)C)cc1.Cl. The quantitative estimate of drug-likeness (QED) is 0.723. The van der Waals surface area contributed by atoms with Gasteiger partial charge in [-0.2, -0.15) is 0 Å². The Bertz CT molecular complexity index is 868. The lowest BCUT2D eigenvalue weighted by molar-refractivity contribution is -0.118. The summed E-state index contributed by atoms with van der Waals surface area (Å²) in [4.78, 5) is 12.1. The Morgan fingerprint density at radius 3 is 2.26 bits per heavy atom. The summed E-state index contributed by atoms with van der Waals surface area (Å²) in [6, 6.07) is 12.6. The third kappa shape index (κ3) is 5.95. The van der Waals surface area contributed by atoms with E-state index in [1.165, 1.54) is 6.07 Å². The van der Waals surface area contributed by atoms with E-state index in [0.29, 0.717) is 11.4 Å². The van der Waals surface area contributed by atoms with Crippen LogP contribution in [0.5, 0.6) is 11.5 Å². The Hall–Kier alpha value is -2.09. The normalized spacial score (nSPS) is 12.2. The molecule has 1 amide bonds. The highest BCUT2D eigenvalue weighted by Crippen LogP contribution is 2.30. The van der Waals surface area contributed by atoms with Crippen LogP contribution in [-0.4, -0.2) is 26.1 Å². The van der Waals surface area contributed by atoms with Gasteiger partial charge in [-0.05, 0) is 42.3 Å². The fourth-order valence-electron chi connectivity index (χ4n) is 2.21. The van der Waals surface area contributed by atoms with Gasteiger partial charge in [-0.3, -0.25) is 4.79 Å². The van der Waals surface area contributed by atoms with Crippen molar-refractivity contribution >= 4 is 33.8 Å². The predicted molar refractivity (Wildman–Crippen MR) is 109 cm³/mol. The molecule has 0 saturated heterocycles. The number of hydrogen-bond donors (Lipinski definition) is 2. The number of benzene rings is 2. The van der Waals surface area contributed by atoms with E-state index in [1.807, 2.05) is 13.8 Å². The molecule has 3 N–H and O–H groups in total. The Balaban J connectivity index is 0.00000364. The fourth-order valence-corrected chi connectivity index (χ4v) is 3.22. The molecule has 0 radical (unpaired) electrons. The van der Waals surface area contributed by atoms with Crippen LogP contribution in [0.2, 0.25) is 0 Å². The summed E-state index contributed by atoms with van der Waals surface area (Å²) < 4.78 is 30.1. The molecule has 2 aromatic rings. The molecule has 0 fully saturated rings. The highest BCUT2D eigenvalue weighted by Gasteiger charge is 2.18. The first-order chi connectivity index (χ1) is 12.2. The van der Waals surface area contributed by atoms with Crippen molar-refractivity contribution in [3.63, 3.8) is 0 Å². The van der Waals surface area contributed by atoms with Crippen LogP contribution in [0.3, 0.4) is 0 Å². The highest BCUT2D eigenvalue weighted by molar-refractivity contribution is 7.91. The summed E-state index contributed by atoms with van der Waals surface area (Å²) >= 11 is 0. The Kier molecular flexibility index (Phi) is 8.27. The zero-order valence-electron chi connectivity index (χ0n) is 15.5. The summed E-state index contributed by atoms with van der Waals surface area (Å²) in [5.74, 6) is 0.514. The molecule has 0 bridgehead atoms. The molecule has 2 aromatic carbocycles. The number of amides is 1. The molecule has 27 heavy (non-hydrogen) atoms. The van der Waals surface area contributed by atoms with Gasteiger partial charge in [0.2, 0.25) is 5.91 Å². The number of nitrogens with one attached hydrogen (secondary N) is 1. The van der Waals surface area contributed by atoms with Crippen LogP contribution in [0.4, 0.5) is 5.69 Å². The van der Waals surface area contributed by atoms with Gasteiger partial charge in [0.05, 0.1) is 11.8 Å². The van der Waals surface area contributed by atoms with Gasteiger partial charge < -0.3 is 15.8 Å². The van der Waals surface area contributed by atoms with E-state index in [-0.39, 0.29) is 40.6 Å². The molecule has 0 spiro atoms. The first-order valence-corrected chi connectivity index (χ1v) is 10.1. The van der Waals surface area contributed by atoms with E-state index in [1.54, 1.807) is 49.4 Å². The minimum absolute atomic E-state index is 0. The first kappa shape index (κ1) is 23.0. The summed E-state index contributed by atoms with van der Waals surface area (Å²) in [6.07, 6.45) is 0. The minimum Gasteiger partial charge on any atom is -0.456 e. The van der Waals surface area contributed by atoms with Gasteiger partial charge in [0, 0.05) is 5.69 Å². The Morgan fingerprint density at radius 2 is 1.70 bits per heavy atom. The van der Waals surface area contributed by atoms with Gasteiger partial charge in [0.1, 0.15) is 16.4 Å². The summed E-state index contributed by atoms with van der Waals surface area (Å²) in [7, 11) is -3.39. The van der Waals surface area contributed by atoms with Crippen molar-refractivity contribution in [3.05, 3.63) is 48.5 Å². The van der Waals surface area contributed by atoms with E-state index >= 15 is 0 Å². The van der Waals surface area contributed by atoms with E-state index in [9.17, 15) is 13.2 Å². The molecule has 1 atom stereocenters. The average molecular weight is 413 g/mol. The molecule has 0 aromatic heterocycles. The van der Waals surface area contributed by atoms with E-state index < -0.39 is 15.9 Å². The third-order valence-corrected chi connectivity index (χ3v) is 5.70. The maximum Gasteiger partial charge on any atom is 0.241 e. The first-order valence-electron chi connectivity index (χ1n) is 8.40. The monoisotopic (exact) mass is 412 g/mol. The molecule has 0 aliphatic rings. The number of nitrogens with two attached hydrogens (primary N) is 1. The van der Waals surface area contributed by atoms with Crippen molar-refractivity contribution in [3.8, 4) is 11.5 Å². The molecule has 2 rings (SSSR count). The second-order valence-electron chi connectivity index (χ2n) is 6.24. The van der Waals surface area contributed by atoms with Crippen LogP contribution >= 0.6 is 12.4 Å². The van der Waals surface area contributed by atoms with E-state index in [4.69, 9.17) is 10.5 Å². The molecular formula is C19H25ClN2O4S. The lowest BCUT2D eigenvalue weighted by atomic mass is 10.1. The van der Waals surface area contributed by atoms with Crippen LogP contribution in [0, 0.1) is 5.92 Å². The Labute approximate surface area is 166 Å². The average Bonchev–Trinajstić information content (AvgIpc) is 2.62. The number of hydrogen-bond acceptors (Lipinski definition) is 5. The van der Waals surface area contributed by atoms with Crippen LogP contribution in [-0.2, 0) is 14.6 Å². The fraction of sp³-hybridized carbons (Fsp3) is 0.316. The number of para-hydroxylation sites is 1. The molecule has 6 nitrogen and oxygen atoms in total. The second-order valence-corrected chi connectivity index (χ2v) is 8.48. The van der Waals surface area contributed by atoms with Crippen LogP contribution in [0.25, 0.3) is 0 Å². The number of halogens is 1. The molecule has 8 heteroatoms. The third-order valence-electron chi connectivity index (χ3n) is 3.93. The number of carbonyl (C=O) groups is 1. The van der Waals surface area contributed by atoms with Crippen LogP contribution < -0.4 is 15.8 Å². The molecule has 0 unspecified atom stereocenters. The number of ether oxygens (including phenoxy) is 1. The summed E-state index contributed by atoms with van der Waals surface area (Å²) in [5, 5.41) is 2.74. The Morgan fingerprint density at radius 1 is 1.11 bits per heavy atom. The zero-order chi connectivity index (χ0) is 19.3. The number of sulfone groups is 1. The summed E-state index contributed by atoms with van der Waals surface area (Å²) in [5.41, 5.74) is 6.41. The number of anilines is 1. The van der Waals surface area contributed by atoms with E-state index in [2.05, 4.69) is 5.32 Å². The van der Waals surface area contributed by atoms with Crippen LogP contribution in [0.1, 0.15) is 20.8 Å². The molecule has 0 aliphatic carbocycles. The van der Waals surface area contributed by atoms with Gasteiger partial charge in [0.15, 0.2) is 9.84 Å². The zero-order valence-corrected chi connectivity index (χ0v) is 17.1. The largest absolute Gasteiger partial charge is 0.456 e. The van der Waals surface area contributed by atoms with Crippen molar-refractivity contribution in [2.24, 2.45) is 11.7 Å². The number of rotatable bonds is 7. The molecular weight excluding hydrogens is 388 g/mol. The molecule has 0 aliphatic heterocycles. The molecule has 0 saturated carbocycles. The smallest absolute Gasteiger partial charge is 0.241 e. The van der Waals surface area contributed by atoms with Gasteiger partial charge in [0.25, 0.3) is 0 Å². The van der Waals surface area contributed by atoms with Crippen LogP contribution in [0.15, 0.2) is 53.4 Å².